The van der Waals surface area contributed by atoms with Crippen LogP contribution in [0.4, 0.5) is 0 Å². The van der Waals surface area contributed by atoms with Gasteiger partial charge in [-0.25, -0.2) is 0 Å². The van der Waals surface area contributed by atoms with Crippen molar-refractivity contribution in [2.24, 2.45) is 5.41 Å². The lowest BCUT2D eigenvalue weighted by Gasteiger charge is -2.12. The maximum Gasteiger partial charge on any atom is 0.303 e. The average Bonchev–Trinajstić information content (AvgIpc) is 2.01. The first kappa shape index (κ1) is 15.4. The van der Waals surface area contributed by atoms with Crippen molar-refractivity contribution in [3.05, 3.63) is 0 Å². The van der Waals surface area contributed by atoms with E-state index in [1.165, 1.54) is 6.42 Å². The molecule has 0 aromatic rings. The van der Waals surface area contributed by atoms with E-state index in [0.717, 1.165) is 0 Å². The second-order valence-corrected chi connectivity index (χ2v) is 4.20. The summed E-state index contributed by atoms with van der Waals surface area (Å²) in [4.78, 5) is 19.3. The van der Waals surface area contributed by atoms with Gasteiger partial charge in [-0.05, 0) is 5.41 Å². The molecule has 0 spiro atoms. The first-order valence-electron chi connectivity index (χ1n) is 4.62. The third-order valence-electron chi connectivity index (χ3n) is 1.61. The molecule has 0 bridgehead atoms. The van der Waals surface area contributed by atoms with Gasteiger partial charge in [0.2, 0.25) is 0 Å². The summed E-state index contributed by atoms with van der Waals surface area (Å²) in [7, 11) is 0. The molecule has 0 saturated heterocycles. The Hall–Kier alpha value is -1.06. The van der Waals surface area contributed by atoms with Gasteiger partial charge in [0.25, 0.3) is 0 Å². The molecule has 0 saturated carbocycles. The zero-order valence-electron chi connectivity index (χ0n) is 9.33. The third-order valence-corrected chi connectivity index (χ3v) is 1.61. The lowest BCUT2D eigenvalue weighted by Crippen LogP contribution is -2.00. The van der Waals surface area contributed by atoms with E-state index in [-0.39, 0.29) is 12.8 Å². The van der Waals surface area contributed by atoms with Crippen molar-refractivity contribution in [1.29, 1.82) is 0 Å². The molecule has 0 fully saturated rings. The van der Waals surface area contributed by atoms with E-state index in [9.17, 15) is 9.59 Å². The highest BCUT2D eigenvalue weighted by Gasteiger charge is 2.03. The number of carboxylic acid groups (broad SMARTS) is 2. The van der Waals surface area contributed by atoms with Gasteiger partial charge in [-0.15, -0.1) is 0 Å². The van der Waals surface area contributed by atoms with Crippen molar-refractivity contribution in [2.75, 3.05) is 0 Å². The van der Waals surface area contributed by atoms with E-state index in [0.29, 0.717) is 5.41 Å². The lowest BCUT2D eigenvalue weighted by atomic mass is 9.94. The quantitative estimate of drug-likeness (QED) is 0.740. The van der Waals surface area contributed by atoms with Gasteiger partial charge in [0.05, 0.1) is 12.8 Å². The van der Waals surface area contributed by atoms with Crippen molar-refractivity contribution in [1.82, 2.24) is 0 Å². The van der Waals surface area contributed by atoms with E-state index in [4.69, 9.17) is 10.2 Å². The van der Waals surface area contributed by atoms with Crippen LogP contribution in [0.1, 0.15) is 47.0 Å². The average molecular weight is 204 g/mol. The van der Waals surface area contributed by atoms with Gasteiger partial charge in [0.1, 0.15) is 0 Å². The Morgan fingerprint density at radius 1 is 1.00 bits per heavy atom. The predicted molar refractivity (Wildman–Crippen MR) is 54.3 cm³/mol. The monoisotopic (exact) mass is 204 g/mol. The van der Waals surface area contributed by atoms with Crippen LogP contribution in [-0.4, -0.2) is 22.2 Å². The summed E-state index contributed by atoms with van der Waals surface area (Å²) in [6.07, 6.45) is 0.678. The van der Waals surface area contributed by atoms with Crippen molar-refractivity contribution in [3.8, 4) is 0 Å². The van der Waals surface area contributed by atoms with Crippen LogP contribution in [0.15, 0.2) is 0 Å². The van der Waals surface area contributed by atoms with Crippen LogP contribution in [-0.2, 0) is 9.59 Å². The van der Waals surface area contributed by atoms with E-state index >= 15 is 0 Å². The summed E-state index contributed by atoms with van der Waals surface area (Å²) in [5.41, 5.74) is 0.542. The Balaban J connectivity index is 0. The molecule has 0 aliphatic carbocycles. The van der Waals surface area contributed by atoms with E-state index in [2.05, 4.69) is 27.7 Å². The number of rotatable bonds is 3. The van der Waals surface area contributed by atoms with Crippen LogP contribution < -0.4 is 0 Å². The van der Waals surface area contributed by atoms with Crippen LogP contribution >= 0.6 is 0 Å². The van der Waals surface area contributed by atoms with Crippen LogP contribution in [0.25, 0.3) is 0 Å². The lowest BCUT2D eigenvalue weighted by molar-refractivity contribution is -0.143. The molecule has 0 rings (SSSR count). The van der Waals surface area contributed by atoms with Gasteiger partial charge >= 0.3 is 11.9 Å². The van der Waals surface area contributed by atoms with Crippen LogP contribution in [0.5, 0.6) is 0 Å². The minimum atomic E-state index is -1.08. The van der Waals surface area contributed by atoms with E-state index in [1.807, 2.05) is 0 Å². The molecule has 0 amide bonds. The van der Waals surface area contributed by atoms with Gasteiger partial charge in [-0.2, -0.15) is 0 Å². The molecular weight excluding hydrogens is 184 g/mol. The fourth-order valence-electron chi connectivity index (χ4n) is 0.214. The SMILES string of the molecule is CCC(C)(C)C.O=C(O)CCC(=O)O. The molecule has 0 aliphatic heterocycles. The summed E-state index contributed by atoms with van der Waals surface area (Å²) >= 11 is 0. The molecule has 0 aliphatic rings. The molecule has 2 N–H and O–H groups in total. The summed E-state index contributed by atoms with van der Waals surface area (Å²) in [5, 5.41) is 15.8. The van der Waals surface area contributed by atoms with Crippen LogP contribution in [0.2, 0.25) is 0 Å². The second-order valence-electron chi connectivity index (χ2n) is 4.20. The van der Waals surface area contributed by atoms with Crippen molar-refractivity contribution >= 4 is 11.9 Å². The van der Waals surface area contributed by atoms with E-state index in [1.54, 1.807) is 0 Å². The summed E-state index contributed by atoms with van der Waals surface area (Å²) in [6, 6.07) is 0. The second kappa shape index (κ2) is 7.35. The predicted octanol–water partition coefficient (Wildman–Crippen LogP) is 2.38. The number of hydrogen-bond donors (Lipinski definition) is 2. The zero-order valence-corrected chi connectivity index (χ0v) is 9.33. The number of carbonyl (C=O) groups is 2. The largest absolute Gasteiger partial charge is 0.481 e. The Labute approximate surface area is 84.9 Å². The van der Waals surface area contributed by atoms with Crippen LogP contribution in [0, 0.1) is 5.41 Å². The minimum absolute atomic E-state index is 0.296. The highest BCUT2D eigenvalue weighted by atomic mass is 16.4. The molecule has 4 heteroatoms. The fraction of sp³-hybridized carbons (Fsp3) is 0.800. The molecule has 0 unspecified atom stereocenters. The molecule has 0 aromatic heterocycles. The van der Waals surface area contributed by atoms with Gasteiger partial charge in [0, 0.05) is 0 Å². The number of hydrogen-bond acceptors (Lipinski definition) is 2. The minimum Gasteiger partial charge on any atom is -0.481 e. The van der Waals surface area contributed by atoms with Gasteiger partial charge < -0.3 is 10.2 Å². The number of aliphatic carboxylic acids is 2. The van der Waals surface area contributed by atoms with Crippen molar-refractivity contribution in [2.45, 2.75) is 47.0 Å². The molecule has 84 valence electrons. The highest BCUT2D eigenvalue weighted by molar-refractivity contribution is 5.75. The molecule has 0 heterocycles. The standard InChI is InChI=1S/C6H14.C4H6O4/c1-5-6(2,3)4;5-3(6)1-2-4(7)8/h5H2,1-4H3;1-2H2,(H,5,6)(H,7,8). The van der Waals surface area contributed by atoms with Gasteiger partial charge in [-0.1, -0.05) is 34.1 Å². The Morgan fingerprint density at radius 2 is 1.21 bits per heavy atom. The number of carboxylic acids is 2. The molecular formula is C10H20O4. The smallest absolute Gasteiger partial charge is 0.303 e. The fourth-order valence-corrected chi connectivity index (χ4v) is 0.214. The molecule has 0 atom stereocenters. The highest BCUT2D eigenvalue weighted by Crippen LogP contribution is 2.16. The maximum atomic E-state index is 9.64. The molecule has 4 nitrogen and oxygen atoms in total. The van der Waals surface area contributed by atoms with Crippen LogP contribution in [0.3, 0.4) is 0 Å². The third kappa shape index (κ3) is 22.4. The Kier molecular flexibility index (Phi) is 8.10. The van der Waals surface area contributed by atoms with Crippen molar-refractivity contribution < 1.29 is 19.8 Å². The van der Waals surface area contributed by atoms with Gasteiger partial charge in [-0.3, -0.25) is 9.59 Å². The van der Waals surface area contributed by atoms with E-state index < -0.39 is 11.9 Å². The first-order chi connectivity index (χ1) is 6.19. The first-order valence-corrected chi connectivity index (χ1v) is 4.62. The topological polar surface area (TPSA) is 74.6 Å². The molecule has 14 heavy (non-hydrogen) atoms. The normalized spacial score (nSPS) is 10.0. The molecule has 0 radical (unpaired) electrons. The maximum absolute atomic E-state index is 9.64. The molecule has 0 aromatic carbocycles. The van der Waals surface area contributed by atoms with Gasteiger partial charge in [0.15, 0.2) is 0 Å². The Morgan fingerprint density at radius 3 is 1.29 bits per heavy atom. The Bertz CT molecular complexity index is 165. The summed E-state index contributed by atoms with van der Waals surface area (Å²) in [5.74, 6) is -2.15. The van der Waals surface area contributed by atoms with Crippen molar-refractivity contribution in [3.63, 3.8) is 0 Å². The zero-order chi connectivity index (χ0) is 11.8. The summed E-state index contributed by atoms with van der Waals surface area (Å²) in [6.45, 7) is 8.94. The summed E-state index contributed by atoms with van der Waals surface area (Å²) < 4.78 is 0.